The van der Waals surface area contributed by atoms with E-state index < -0.39 is 20.9 Å². The van der Waals surface area contributed by atoms with Crippen LogP contribution in [0, 0.1) is 10.1 Å². The standard InChI is InChI=1S/C16H16ClN3O6S/c1-19(2)27(24,25)15-9-11(3-8-14(15)17)18-16(21)10-26-13-6-4-12(5-7-13)20(22)23/h3-9H,10H2,1-2H3,(H,18,21). The molecule has 27 heavy (non-hydrogen) atoms. The number of carbonyl (C=O) groups excluding carboxylic acids is 1. The SMILES string of the molecule is CN(C)S(=O)(=O)c1cc(NC(=O)COc2ccc([N+](=O)[O-])cc2)ccc1Cl. The topological polar surface area (TPSA) is 119 Å². The molecule has 0 atom stereocenters. The lowest BCUT2D eigenvalue weighted by Crippen LogP contribution is -2.23. The van der Waals surface area contributed by atoms with Gasteiger partial charge < -0.3 is 10.1 Å². The lowest BCUT2D eigenvalue weighted by atomic mass is 10.3. The van der Waals surface area contributed by atoms with E-state index in [2.05, 4.69) is 5.32 Å². The zero-order valence-corrected chi connectivity index (χ0v) is 16.0. The number of nitrogens with one attached hydrogen (secondary N) is 1. The smallest absolute Gasteiger partial charge is 0.269 e. The number of non-ortho nitro benzene ring substituents is 1. The summed E-state index contributed by atoms with van der Waals surface area (Å²) in [5.41, 5.74) is 0.139. The molecule has 144 valence electrons. The van der Waals surface area contributed by atoms with Gasteiger partial charge >= 0.3 is 0 Å². The highest BCUT2D eigenvalue weighted by Crippen LogP contribution is 2.27. The third-order valence-corrected chi connectivity index (χ3v) is 5.69. The molecule has 0 aliphatic rings. The van der Waals surface area contributed by atoms with Crippen LogP contribution in [0.4, 0.5) is 11.4 Å². The molecular weight excluding hydrogens is 398 g/mol. The quantitative estimate of drug-likeness (QED) is 0.550. The minimum absolute atomic E-state index is 0.0313. The highest BCUT2D eigenvalue weighted by atomic mass is 35.5. The molecule has 9 nitrogen and oxygen atoms in total. The minimum Gasteiger partial charge on any atom is -0.484 e. The molecule has 0 aromatic heterocycles. The maximum atomic E-state index is 12.2. The summed E-state index contributed by atoms with van der Waals surface area (Å²) in [5, 5.41) is 13.1. The second-order valence-electron chi connectivity index (χ2n) is 5.52. The summed E-state index contributed by atoms with van der Waals surface area (Å²) >= 11 is 5.95. The molecule has 0 bridgehead atoms. The molecule has 0 radical (unpaired) electrons. The van der Waals surface area contributed by atoms with Crippen LogP contribution in [-0.2, 0) is 14.8 Å². The van der Waals surface area contributed by atoms with Crippen LogP contribution in [0.1, 0.15) is 0 Å². The van der Waals surface area contributed by atoms with E-state index in [9.17, 15) is 23.3 Å². The van der Waals surface area contributed by atoms with Gasteiger partial charge in [-0.05, 0) is 30.3 Å². The first-order chi connectivity index (χ1) is 12.6. The molecule has 0 aliphatic carbocycles. The van der Waals surface area contributed by atoms with E-state index in [1.54, 1.807) is 0 Å². The molecule has 0 fully saturated rings. The Kier molecular flexibility index (Phi) is 6.37. The van der Waals surface area contributed by atoms with E-state index in [0.29, 0.717) is 0 Å². The Morgan fingerprint density at radius 2 is 1.85 bits per heavy atom. The Hall–Kier alpha value is -2.69. The Morgan fingerprint density at radius 3 is 2.41 bits per heavy atom. The minimum atomic E-state index is -3.77. The van der Waals surface area contributed by atoms with Crippen LogP contribution in [0.15, 0.2) is 47.4 Å². The number of amides is 1. The molecule has 2 aromatic carbocycles. The number of ether oxygens (including phenoxy) is 1. The summed E-state index contributed by atoms with van der Waals surface area (Å²) in [5.74, 6) is -0.258. The van der Waals surface area contributed by atoms with Gasteiger partial charge in [0.2, 0.25) is 10.0 Å². The highest BCUT2D eigenvalue weighted by molar-refractivity contribution is 7.89. The predicted molar refractivity (Wildman–Crippen MR) is 99.5 cm³/mol. The summed E-state index contributed by atoms with van der Waals surface area (Å²) in [6.45, 7) is -0.365. The number of carbonyl (C=O) groups is 1. The molecule has 0 saturated carbocycles. The van der Waals surface area contributed by atoms with Gasteiger partial charge in [0.25, 0.3) is 11.6 Å². The average molecular weight is 414 g/mol. The van der Waals surface area contributed by atoms with Gasteiger partial charge in [-0.2, -0.15) is 0 Å². The van der Waals surface area contributed by atoms with Crippen LogP contribution >= 0.6 is 11.6 Å². The number of rotatable bonds is 7. The lowest BCUT2D eigenvalue weighted by molar-refractivity contribution is -0.384. The largest absolute Gasteiger partial charge is 0.484 e. The fourth-order valence-corrected chi connectivity index (χ4v) is 3.38. The second-order valence-corrected chi connectivity index (χ2v) is 8.05. The van der Waals surface area contributed by atoms with Gasteiger partial charge in [-0.25, -0.2) is 12.7 Å². The van der Waals surface area contributed by atoms with Crippen LogP contribution in [0.5, 0.6) is 5.75 Å². The van der Waals surface area contributed by atoms with Crippen molar-refractivity contribution < 1.29 is 22.9 Å². The van der Waals surface area contributed by atoms with E-state index in [1.165, 1.54) is 56.6 Å². The zero-order chi connectivity index (χ0) is 20.2. The van der Waals surface area contributed by atoms with Gasteiger partial charge in [0.1, 0.15) is 10.6 Å². The number of sulfonamides is 1. The number of hydrogen-bond donors (Lipinski definition) is 1. The Bertz CT molecular complexity index is 961. The van der Waals surface area contributed by atoms with Crippen molar-refractivity contribution in [3.05, 3.63) is 57.6 Å². The molecule has 1 amide bonds. The highest BCUT2D eigenvalue weighted by Gasteiger charge is 2.21. The normalized spacial score (nSPS) is 11.3. The van der Waals surface area contributed by atoms with E-state index in [1.807, 2.05) is 0 Å². The van der Waals surface area contributed by atoms with Crippen molar-refractivity contribution in [3.8, 4) is 5.75 Å². The number of halogens is 1. The fraction of sp³-hybridized carbons (Fsp3) is 0.188. The Morgan fingerprint density at radius 1 is 1.22 bits per heavy atom. The van der Waals surface area contributed by atoms with E-state index in [0.717, 1.165) is 4.31 Å². The molecule has 0 unspecified atom stereocenters. The van der Waals surface area contributed by atoms with E-state index >= 15 is 0 Å². The molecular formula is C16H16ClN3O6S. The lowest BCUT2D eigenvalue weighted by Gasteiger charge is -2.14. The predicted octanol–water partition coefficient (Wildman–Crippen LogP) is 2.52. The fourth-order valence-electron chi connectivity index (χ4n) is 1.99. The molecule has 0 heterocycles. The number of benzene rings is 2. The van der Waals surface area contributed by atoms with Gasteiger partial charge in [-0.1, -0.05) is 11.6 Å². The van der Waals surface area contributed by atoms with Gasteiger partial charge in [-0.15, -0.1) is 0 Å². The molecule has 2 aromatic rings. The third-order valence-electron chi connectivity index (χ3n) is 3.39. The molecule has 0 saturated heterocycles. The Balaban J connectivity index is 2.04. The molecule has 1 N–H and O–H groups in total. The van der Waals surface area contributed by atoms with Crippen molar-refractivity contribution in [2.75, 3.05) is 26.0 Å². The number of nitrogens with zero attached hydrogens (tertiary/aromatic N) is 2. The molecule has 2 rings (SSSR count). The molecule has 0 spiro atoms. The van der Waals surface area contributed by atoms with Crippen LogP contribution in [0.2, 0.25) is 5.02 Å². The first-order valence-corrected chi connectivity index (χ1v) is 9.32. The van der Waals surface area contributed by atoms with Crippen molar-refractivity contribution in [1.82, 2.24) is 4.31 Å². The molecule has 11 heteroatoms. The maximum absolute atomic E-state index is 12.2. The second kappa shape index (κ2) is 8.33. The van der Waals surface area contributed by atoms with Crippen LogP contribution in [-0.4, -0.2) is 44.3 Å². The third kappa shape index (κ3) is 5.16. The first kappa shape index (κ1) is 20.6. The van der Waals surface area contributed by atoms with Gasteiger partial charge in [-0.3, -0.25) is 14.9 Å². The number of anilines is 1. The zero-order valence-electron chi connectivity index (χ0n) is 14.4. The maximum Gasteiger partial charge on any atom is 0.269 e. The number of nitro groups is 1. The van der Waals surface area contributed by atoms with Crippen molar-refractivity contribution in [1.29, 1.82) is 0 Å². The number of nitro benzene ring substituents is 1. The monoisotopic (exact) mass is 413 g/mol. The first-order valence-electron chi connectivity index (χ1n) is 7.50. The summed E-state index contributed by atoms with van der Waals surface area (Å²) in [6, 6.07) is 9.33. The van der Waals surface area contributed by atoms with Crippen molar-refractivity contribution >= 4 is 38.9 Å². The van der Waals surface area contributed by atoms with Crippen molar-refractivity contribution in [2.24, 2.45) is 0 Å². The summed E-state index contributed by atoms with van der Waals surface area (Å²) in [7, 11) is -1.03. The van der Waals surface area contributed by atoms with Crippen LogP contribution in [0.25, 0.3) is 0 Å². The van der Waals surface area contributed by atoms with Crippen molar-refractivity contribution in [3.63, 3.8) is 0 Å². The summed E-state index contributed by atoms with van der Waals surface area (Å²) < 4.78 is 30.7. The van der Waals surface area contributed by atoms with Crippen LogP contribution < -0.4 is 10.1 Å². The summed E-state index contributed by atoms with van der Waals surface area (Å²) in [6.07, 6.45) is 0. The average Bonchev–Trinajstić information content (AvgIpc) is 2.61. The van der Waals surface area contributed by atoms with Crippen LogP contribution in [0.3, 0.4) is 0 Å². The Labute approximate surface area is 160 Å². The molecule has 0 aliphatic heterocycles. The van der Waals surface area contributed by atoms with Gasteiger partial charge in [0, 0.05) is 31.9 Å². The van der Waals surface area contributed by atoms with Crippen molar-refractivity contribution in [2.45, 2.75) is 4.90 Å². The van der Waals surface area contributed by atoms with E-state index in [-0.39, 0.29) is 33.6 Å². The summed E-state index contributed by atoms with van der Waals surface area (Å²) in [4.78, 5) is 21.9. The number of hydrogen-bond acceptors (Lipinski definition) is 6. The van der Waals surface area contributed by atoms with Gasteiger partial charge in [0.15, 0.2) is 6.61 Å². The van der Waals surface area contributed by atoms with E-state index in [4.69, 9.17) is 16.3 Å². The van der Waals surface area contributed by atoms with Gasteiger partial charge in [0.05, 0.1) is 9.95 Å².